The van der Waals surface area contributed by atoms with Gasteiger partial charge in [0.15, 0.2) is 5.13 Å². The van der Waals surface area contributed by atoms with Crippen molar-refractivity contribution < 1.29 is 9.90 Å². The third kappa shape index (κ3) is 5.14. The van der Waals surface area contributed by atoms with Crippen molar-refractivity contribution >= 4 is 22.5 Å². The zero-order valence-electron chi connectivity index (χ0n) is 10.2. The molecule has 0 radical (unpaired) electrons. The van der Waals surface area contributed by atoms with E-state index in [-0.39, 0.29) is 12.6 Å². The summed E-state index contributed by atoms with van der Waals surface area (Å²) >= 11 is 1.40. The zero-order valence-corrected chi connectivity index (χ0v) is 11.0. The molecular formula is C11H19N3O2S. The summed E-state index contributed by atoms with van der Waals surface area (Å²) in [7, 11) is 0. The number of aliphatic hydroxyl groups is 1. The predicted molar refractivity (Wildman–Crippen MR) is 69.4 cm³/mol. The van der Waals surface area contributed by atoms with Crippen LogP contribution in [0.1, 0.15) is 32.4 Å². The number of nitrogens with one attached hydrogen (secondary N) is 2. The van der Waals surface area contributed by atoms with Crippen molar-refractivity contribution in [2.75, 3.05) is 11.9 Å². The lowest BCUT2D eigenvalue weighted by Gasteiger charge is -2.10. The molecule has 1 heterocycles. The highest BCUT2D eigenvalue weighted by atomic mass is 32.1. The smallest absolute Gasteiger partial charge is 0.321 e. The topological polar surface area (TPSA) is 74.2 Å². The van der Waals surface area contributed by atoms with E-state index >= 15 is 0 Å². The number of amides is 2. The highest BCUT2D eigenvalue weighted by molar-refractivity contribution is 7.13. The average molecular weight is 257 g/mol. The van der Waals surface area contributed by atoms with Crippen LogP contribution in [0.4, 0.5) is 9.93 Å². The summed E-state index contributed by atoms with van der Waals surface area (Å²) in [5.74, 6) is 0. The Balaban J connectivity index is 2.29. The zero-order chi connectivity index (χ0) is 12.7. The molecule has 1 unspecified atom stereocenters. The number of hydrogen-bond acceptors (Lipinski definition) is 4. The van der Waals surface area contributed by atoms with Crippen LogP contribution in [0.2, 0.25) is 0 Å². The first-order valence-electron chi connectivity index (χ1n) is 5.83. The average Bonchev–Trinajstić information content (AvgIpc) is 2.74. The summed E-state index contributed by atoms with van der Waals surface area (Å²) in [4.78, 5) is 15.7. The van der Waals surface area contributed by atoms with E-state index in [0.717, 1.165) is 18.5 Å². The fourth-order valence-corrected chi connectivity index (χ4v) is 2.10. The minimum atomic E-state index is -0.478. The summed E-state index contributed by atoms with van der Waals surface area (Å²) in [5, 5.41) is 17.2. The third-order valence-electron chi connectivity index (χ3n) is 2.25. The Morgan fingerprint density at radius 2 is 2.35 bits per heavy atom. The first-order valence-corrected chi connectivity index (χ1v) is 6.71. The molecule has 1 aromatic heterocycles. The molecule has 0 spiro atoms. The Kier molecular flexibility index (Phi) is 5.93. The highest BCUT2D eigenvalue weighted by Crippen LogP contribution is 2.15. The number of rotatable bonds is 6. The maximum atomic E-state index is 11.5. The van der Waals surface area contributed by atoms with Gasteiger partial charge in [0, 0.05) is 11.9 Å². The summed E-state index contributed by atoms with van der Waals surface area (Å²) in [6, 6.07) is -0.322. The Hall–Kier alpha value is -1.14. The van der Waals surface area contributed by atoms with E-state index < -0.39 is 6.10 Å². The van der Waals surface area contributed by atoms with Crippen LogP contribution in [0.5, 0.6) is 0 Å². The molecule has 2 amide bonds. The van der Waals surface area contributed by atoms with Crippen LogP contribution in [-0.4, -0.2) is 28.8 Å². The minimum Gasteiger partial charge on any atom is -0.391 e. The fourth-order valence-electron chi connectivity index (χ4n) is 1.31. The largest absolute Gasteiger partial charge is 0.391 e. The second-order valence-corrected chi connectivity index (χ2v) is 4.63. The Morgan fingerprint density at radius 3 is 2.94 bits per heavy atom. The molecule has 0 aliphatic heterocycles. The van der Waals surface area contributed by atoms with Crippen molar-refractivity contribution in [3.63, 3.8) is 0 Å². The molecular weight excluding hydrogens is 238 g/mol. The molecule has 0 saturated heterocycles. The molecule has 1 rings (SSSR count). The van der Waals surface area contributed by atoms with Crippen LogP contribution in [0.15, 0.2) is 5.38 Å². The van der Waals surface area contributed by atoms with Crippen molar-refractivity contribution in [3.8, 4) is 0 Å². The van der Waals surface area contributed by atoms with E-state index in [4.69, 9.17) is 0 Å². The van der Waals surface area contributed by atoms with Gasteiger partial charge in [0.1, 0.15) is 0 Å². The van der Waals surface area contributed by atoms with Gasteiger partial charge in [0.05, 0.1) is 11.8 Å². The number of carbonyl (C=O) groups excluding carboxylic acids is 1. The van der Waals surface area contributed by atoms with Gasteiger partial charge in [0.25, 0.3) is 0 Å². The van der Waals surface area contributed by atoms with Crippen molar-refractivity contribution in [2.45, 2.75) is 39.2 Å². The molecule has 1 aromatic rings. The molecule has 3 N–H and O–H groups in total. The number of hydrogen-bond donors (Lipinski definition) is 3. The van der Waals surface area contributed by atoms with Crippen molar-refractivity contribution in [1.82, 2.24) is 10.3 Å². The third-order valence-corrected chi connectivity index (χ3v) is 3.06. The number of thiazole rings is 1. The normalized spacial score (nSPS) is 12.2. The van der Waals surface area contributed by atoms with E-state index in [1.807, 2.05) is 19.2 Å². The number of aromatic nitrogens is 1. The van der Waals surface area contributed by atoms with Gasteiger partial charge in [-0.1, -0.05) is 20.3 Å². The highest BCUT2D eigenvalue weighted by Gasteiger charge is 2.08. The van der Waals surface area contributed by atoms with E-state index in [0.29, 0.717) is 11.6 Å². The summed E-state index contributed by atoms with van der Waals surface area (Å²) in [5.41, 5.74) is 0.969. The molecule has 96 valence electrons. The van der Waals surface area contributed by atoms with Gasteiger partial charge in [-0.15, -0.1) is 11.3 Å². The quantitative estimate of drug-likeness (QED) is 0.729. The van der Waals surface area contributed by atoms with E-state index in [9.17, 15) is 9.90 Å². The summed E-state index contributed by atoms with van der Waals surface area (Å²) in [6.07, 6.45) is 1.97. The second kappa shape index (κ2) is 7.24. The molecule has 6 heteroatoms. The monoisotopic (exact) mass is 257 g/mol. The lowest BCUT2D eigenvalue weighted by molar-refractivity contribution is 0.162. The van der Waals surface area contributed by atoms with Crippen LogP contribution in [-0.2, 0) is 6.42 Å². The molecule has 0 saturated carbocycles. The molecule has 0 bridgehead atoms. The van der Waals surface area contributed by atoms with Crippen LogP contribution >= 0.6 is 11.3 Å². The van der Waals surface area contributed by atoms with Crippen LogP contribution in [0.3, 0.4) is 0 Å². The van der Waals surface area contributed by atoms with Crippen LogP contribution in [0.25, 0.3) is 0 Å². The van der Waals surface area contributed by atoms with Crippen LogP contribution < -0.4 is 10.6 Å². The van der Waals surface area contributed by atoms with E-state index in [2.05, 4.69) is 15.6 Å². The molecule has 17 heavy (non-hydrogen) atoms. The second-order valence-electron chi connectivity index (χ2n) is 3.78. The Morgan fingerprint density at radius 1 is 1.59 bits per heavy atom. The molecule has 0 fully saturated rings. The van der Waals surface area contributed by atoms with Gasteiger partial charge in [-0.25, -0.2) is 9.78 Å². The number of aliphatic hydroxyl groups excluding tert-OH is 1. The van der Waals surface area contributed by atoms with Crippen molar-refractivity contribution in [2.24, 2.45) is 0 Å². The summed E-state index contributed by atoms with van der Waals surface area (Å²) in [6.45, 7) is 4.27. The van der Waals surface area contributed by atoms with Gasteiger partial charge < -0.3 is 10.4 Å². The fraction of sp³-hybridized carbons (Fsp3) is 0.636. The van der Waals surface area contributed by atoms with Crippen molar-refractivity contribution in [3.05, 3.63) is 11.1 Å². The molecule has 0 aromatic carbocycles. The summed E-state index contributed by atoms with van der Waals surface area (Å²) < 4.78 is 0. The number of aryl methyl sites for hydroxylation is 1. The number of urea groups is 1. The van der Waals surface area contributed by atoms with E-state index in [1.54, 1.807) is 0 Å². The Labute approximate surface area is 105 Å². The predicted octanol–water partition coefficient (Wildman–Crippen LogP) is 1.99. The lowest BCUT2D eigenvalue weighted by atomic mass is 10.2. The minimum absolute atomic E-state index is 0.270. The molecule has 0 aliphatic carbocycles. The number of anilines is 1. The van der Waals surface area contributed by atoms with Gasteiger partial charge in [0.2, 0.25) is 0 Å². The molecule has 5 nitrogen and oxygen atoms in total. The number of nitrogens with zero attached hydrogens (tertiary/aromatic N) is 1. The van der Waals surface area contributed by atoms with E-state index in [1.165, 1.54) is 11.3 Å². The SMILES string of the molecule is CCCC(O)CNC(=O)Nc1nc(CC)cs1. The maximum absolute atomic E-state index is 11.5. The Bertz CT molecular complexity index is 354. The first kappa shape index (κ1) is 13.9. The van der Waals surface area contributed by atoms with Gasteiger partial charge in [-0.3, -0.25) is 5.32 Å². The van der Waals surface area contributed by atoms with Gasteiger partial charge in [-0.2, -0.15) is 0 Å². The van der Waals surface area contributed by atoms with Gasteiger partial charge >= 0.3 is 6.03 Å². The standard InChI is InChI=1S/C11H19N3O2S/c1-3-5-9(15)6-12-10(16)14-11-13-8(4-2)7-17-11/h7,9,15H,3-6H2,1-2H3,(H2,12,13,14,16). The van der Waals surface area contributed by atoms with Crippen molar-refractivity contribution in [1.29, 1.82) is 0 Å². The van der Waals surface area contributed by atoms with Crippen LogP contribution in [0, 0.1) is 0 Å². The molecule has 1 atom stereocenters. The number of carbonyl (C=O) groups is 1. The first-order chi connectivity index (χ1) is 8.15. The lowest BCUT2D eigenvalue weighted by Crippen LogP contribution is -2.35. The molecule has 0 aliphatic rings. The maximum Gasteiger partial charge on any atom is 0.321 e. The van der Waals surface area contributed by atoms with Gasteiger partial charge in [-0.05, 0) is 12.8 Å².